The molecule has 7 heteroatoms. The molecule has 1 rings (SSSR count). The van der Waals surface area contributed by atoms with Crippen molar-refractivity contribution in [1.82, 2.24) is 20.1 Å². The summed E-state index contributed by atoms with van der Waals surface area (Å²) in [6.45, 7) is 3.61. The Morgan fingerprint density at radius 2 is 2.44 bits per heavy atom. The minimum absolute atomic E-state index is 0.0415. The third-order valence-corrected chi connectivity index (χ3v) is 2.43. The van der Waals surface area contributed by atoms with Gasteiger partial charge in [0.2, 0.25) is 11.9 Å². The fourth-order valence-corrected chi connectivity index (χ4v) is 1.15. The van der Waals surface area contributed by atoms with Gasteiger partial charge in [0.25, 0.3) is 0 Å². The van der Waals surface area contributed by atoms with E-state index < -0.39 is 5.54 Å². The zero-order chi connectivity index (χ0) is 12.2. The predicted octanol–water partition coefficient (Wildman–Crippen LogP) is -0.862. The van der Waals surface area contributed by atoms with Gasteiger partial charge >= 0.3 is 0 Å². The molecule has 4 N–H and O–H groups in total. The lowest BCUT2D eigenvalue weighted by molar-refractivity contribution is -0.124. The first-order valence-electron chi connectivity index (χ1n) is 5.06. The molecule has 0 aliphatic rings. The van der Waals surface area contributed by atoms with Crippen LogP contribution in [0.2, 0.25) is 0 Å². The van der Waals surface area contributed by atoms with Crippen molar-refractivity contribution in [1.29, 1.82) is 0 Å². The second kappa shape index (κ2) is 4.93. The molecule has 0 saturated carbocycles. The van der Waals surface area contributed by atoms with Crippen LogP contribution in [0, 0.1) is 0 Å². The van der Waals surface area contributed by atoms with E-state index in [9.17, 15) is 4.79 Å². The molecule has 0 bridgehead atoms. The number of hydrogen-bond acceptors (Lipinski definition) is 5. The summed E-state index contributed by atoms with van der Waals surface area (Å²) in [5.74, 6) is -0.100. The van der Waals surface area contributed by atoms with Gasteiger partial charge in [-0.15, -0.1) is 5.10 Å². The smallest absolute Gasteiger partial charge is 0.242 e. The van der Waals surface area contributed by atoms with Gasteiger partial charge in [-0.2, -0.15) is 0 Å². The molecule has 0 aliphatic heterocycles. The summed E-state index contributed by atoms with van der Waals surface area (Å²) < 4.78 is 1.35. The van der Waals surface area contributed by atoms with Crippen LogP contribution in [0.25, 0.3) is 0 Å². The Balaban J connectivity index is 2.53. The van der Waals surface area contributed by atoms with Gasteiger partial charge in [0, 0.05) is 0 Å². The van der Waals surface area contributed by atoms with Crippen LogP contribution in [0.5, 0.6) is 0 Å². The molecule has 0 spiro atoms. The molecule has 7 nitrogen and oxygen atoms in total. The van der Waals surface area contributed by atoms with Crippen molar-refractivity contribution in [3.8, 4) is 0 Å². The minimum atomic E-state index is -0.594. The van der Waals surface area contributed by atoms with Gasteiger partial charge in [-0.3, -0.25) is 4.79 Å². The van der Waals surface area contributed by atoms with Crippen molar-refractivity contribution in [2.24, 2.45) is 0 Å². The molecule has 1 atom stereocenters. The van der Waals surface area contributed by atoms with Crippen LogP contribution in [-0.2, 0) is 11.3 Å². The molecular formula is C9H17N5O2. The van der Waals surface area contributed by atoms with E-state index in [4.69, 9.17) is 10.8 Å². The third-order valence-electron chi connectivity index (χ3n) is 2.43. The molecule has 90 valence electrons. The summed E-state index contributed by atoms with van der Waals surface area (Å²) in [5.41, 5.74) is 4.73. The average molecular weight is 227 g/mol. The number of aliphatic hydroxyl groups is 1. The van der Waals surface area contributed by atoms with Gasteiger partial charge < -0.3 is 16.2 Å². The van der Waals surface area contributed by atoms with E-state index in [0.29, 0.717) is 6.42 Å². The van der Waals surface area contributed by atoms with Crippen LogP contribution in [0.3, 0.4) is 0 Å². The van der Waals surface area contributed by atoms with E-state index in [1.165, 1.54) is 11.0 Å². The molecule has 1 aromatic rings. The standard InChI is InChI=1S/C9H17N5O2/c1-3-9(2,5-15)12-7(16)4-14-6-11-8(10)13-14/h6,15H,3-5H2,1-2H3,(H2,10,13)(H,12,16). The SMILES string of the molecule is CCC(C)(CO)NC(=O)Cn1cnc(N)n1. The predicted molar refractivity (Wildman–Crippen MR) is 58.4 cm³/mol. The topological polar surface area (TPSA) is 106 Å². The summed E-state index contributed by atoms with van der Waals surface area (Å²) in [7, 11) is 0. The largest absolute Gasteiger partial charge is 0.394 e. The Hall–Kier alpha value is -1.63. The van der Waals surface area contributed by atoms with Gasteiger partial charge in [-0.25, -0.2) is 9.67 Å². The summed E-state index contributed by atoms with van der Waals surface area (Å²) in [6.07, 6.45) is 2.03. The first-order chi connectivity index (χ1) is 7.49. The Labute approximate surface area is 93.7 Å². The van der Waals surface area contributed by atoms with E-state index in [0.717, 1.165) is 0 Å². The zero-order valence-electron chi connectivity index (χ0n) is 9.47. The van der Waals surface area contributed by atoms with Crippen LogP contribution in [-0.4, -0.2) is 37.9 Å². The molecule has 0 aromatic carbocycles. The maximum atomic E-state index is 11.6. The number of nitrogens with one attached hydrogen (secondary N) is 1. The molecule has 0 fully saturated rings. The summed E-state index contributed by atoms with van der Waals surface area (Å²) >= 11 is 0. The monoisotopic (exact) mass is 227 g/mol. The molecule has 1 unspecified atom stereocenters. The summed E-state index contributed by atoms with van der Waals surface area (Å²) in [4.78, 5) is 15.3. The highest BCUT2D eigenvalue weighted by molar-refractivity contribution is 5.76. The van der Waals surface area contributed by atoms with Crippen molar-refractivity contribution < 1.29 is 9.90 Å². The maximum Gasteiger partial charge on any atom is 0.242 e. The highest BCUT2D eigenvalue weighted by atomic mass is 16.3. The number of nitrogens with two attached hydrogens (primary N) is 1. The van der Waals surface area contributed by atoms with Crippen molar-refractivity contribution >= 4 is 11.9 Å². The number of rotatable bonds is 5. The number of carbonyl (C=O) groups is 1. The van der Waals surface area contributed by atoms with E-state index >= 15 is 0 Å². The molecule has 16 heavy (non-hydrogen) atoms. The van der Waals surface area contributed by atoms with Crippen LogP contribution in [0.4, 0.5) is 5.95 Å². The summed E-state index contributed by atoms with van der Waals surface area (Å²) in [5, 5.41) is 15.7. The number of nitrogens with zero attached hydrogens (tertiary/aromatic N) is 3. The molecule has 1 heterocycles. The molecule has 1 aromatic heterocycles. The highest BCUT2D eigenvalue weighted by Gasteiger charge is 2.23. The van der Waals surface area contributed by atoms with E-state index in [1.807, 2.05) is 6.92 Å². The normalized spacial score (nSPS) is 14.4. The first-order valence-corrected chi connectivity index (χ1v) is 5.06. The van der Waals surface area contributed by atoms with Crippen molar-refractivity contribution in [2.45, 2.75) is 32.4 Å². The summed E-state index contributed by atoms with van der Waals surface area (Å²) in [6, 6.07) is 0. The lowest BCUT2D eigenvalue weighted by Crippen LogP contribution is -2.49. The van der Waals surface area contributed by atoms with E-state index in [2.05, 4.69) is 15.4 Å². The number of amides is 1. The number of hydrogen-bond donors (Lipinski definition) is 3. The second-order valence-electron chi connectivity index (χ2n) is 3.92. The van der Waals surface area contributed by atoms with E-state index in [-0.39, 0.29) is 25.0 Å². The van der Waals surface area contributed by atoms with Gasteiger partial charge in [0.1, 0.15) is 12.9 Å². The number of aliphatic hydroxyl groups excluding tert-OH is 1. The van der Waals surface area contributed by atoms with E-state index in [1.54, 1.807) is 6.92 Å². The average Bonchev–Trinajstić information content (AvgIpc) is 2.63. The van der Waals surface area contributed by atoms with Crippen LogP contribution in [0.15, 0.2) is 6.33 Å². The fraction of sp³-hybridized carbons (Fsp3) is 0.667. The third kappa shape index (κ3) is 3.20. The number of nitrogen functional groups attached to an aromatic ring is 1. The van der Waals surface area contributed by atoms with Crippen LogP contribution in [0.1, 0.15) is 20.3 Å². The van der Waals surface area contributed by atoms with Gasteiger partial charge in [0.15, 0.2) is 0 Å². The van der Waals surface area contributed by atoms with Gasteiger partial charge in [-0.1, -0.05) is 6.92 Å². The Kier molecular flexibility index (Phi) is 3.83. The molecule has 0 aliphatic carbocycles. The quantitative estimate of drug-likeness (QED) is 0.606. The van der Waals surface area contributed by atoms with Crippen molar-refractivity contribution in [3.63, 3.8) is 0 Å². The van der Waals surface area contributed by atoms with Gasteiger partial charge in [0.05, 0.1) is 12.1 Å². The minimum Gasteiger partial charge on any atom is -0.394 e. The lowest BCUT2D eigenvalue weighted by Gasteiger charge is -2.27. The Morgan fingerprint density at radius 3 is 2.88 bits per heavy atom. The van der Waals surface area contributed by atoms with Crippen molar-refractivity contribution in [2.75, 3.05) is 12.3 Å². The number of anilines is 1. The fourth-order valence-electron chi connectivity index (χ4n) is 1.15. The highest BCUT2D eigenvalue weighted by Crippen LogP contribution is 2.07. The molecule has 1 amide bonds. The number of aromatic nitrogens is 3. The maximum absolute atomic E-state index is 11.6. The van der Waals surface area contributed by atoms with Crippen molar-refractivity contribution in [3.05, 3.63) is 6.33 Å². The second-order valence-corrected chi connectivity index (χ2v) is 3.92. The molecule has 0 saturated heterocycles. The zero-order valence-corrected chi connectivity index (χ0v) is 9.47. The van der Waals surface area contributed by atoms with Crippen LogP contribution < -0.4 is 11.1 Å². The first kappa shape index (κ1) is 12.4. The molecule has 0 radical (unpaired) electrons. The van der Waals surface area contributed by atoms with Crippen LogP contribution >= 0.6 is 0 Å². The Bertz CT molecular complexity index is 359. The molecular weight excluding hydrogens is 210 g/mol. The Morgan fingerprint density at radius 1 is 1.75 bits per heavy atom. The lowest BCUT2D eigenvalue weighted by atomic mass is 10.0. The number of carbonyl (C=O) groups excluding carboxylic acids is 1. The van der Waals surface area contributed by atoms with Gasteiger partial charge in [-0.05, 0) is 13.3 Å².